The van der Waals surface area contributed by atoms with Gasteiger partial charge < -0.3 is 10.6 Å². The van der Waals surface area contributed by atoms with Gasteiger partial charge in [0.15, 0.2) is 6.19 Å². The lowest BCUT2D eigenvalue weighted by Gasteiger charge is -2.18. The summed E-state index contributed by atoms with van der Waals surface area (Å²) in [6.45, 7) is 4.16. The number of hydrogen-bond donors (Lipinski definition) is 2. The molecule has 86 valence electrons. The molecule has 0 aliphatic heterocycles. The van der Waals surface area contributed by atoms with Gasteiger partial charge >= 0.3 is 0 Å². The Morgan fingerprint density at radius 3 is 2.80 bits per heavy atom. The number of rotatable bonds is 6. The molecule has 0 aromatic heterocycles. The maximum absolute atomic E-state index is 8.56. The zero-order valence-corrected chi connectivity index (χ0v) is 9.66. The topological polar surface area (TPSA) is 77.4 Å². The minimum atomic E-state index is 0.553. The van der Waals surface area contributed by atoms with Gasteiger partial charge in [0.25, 0.3) is 0 Å². The van der Waals surface area contributed by atoms with Gasteiger partial charge in [0.1, 0.15) is 0 Å². The van der Waals surface area contributed by atoms with Gasteiger partial charge in [-0.15, -0.1) is 0 Å². The fraction of sp³-hybridized carbons (Fsp3) is 0.800. The summed E-state index contributed by atoms with van der Waals surface area (Å²) >= 11 is 0. The van der Waals surface area contributed by atoms with E-state index >= 15 is 0 Å². The lowest BCUT2D eigenvalue weighted by atomic mass is 10.2. The molecule has 5 nitrogen and oxygen atoms in total. The third kappa shape index (κ3) is 6.75. The molecule has 0 aromatic rings. The van der Waals surface area contributed by atoms with Crippen LogP contribution in [0.5, 0.6) is 0 Å². The molecule has 0 aromatic carbocycles. The Balaban J connectivity index is 4.06. The van der Waals surface area contributed by atoms with E-state index < -0.39 is 0 Å². The van der Waals surface area contributed by atoms with E-state index in [4.69, 9.17) is 11.0 Å². The van der Waals surface area contributed by atoms with E-state index in [9.17, 15) is 0 Å². The zero-order chi connectivity index (χ0) is 11.5. The van der Waals surface area contributed by atoms with Crippen molar-refractivity contribution in [3.8, 4) is 6.19 Å². The Morgan fingerprint density at radius 1 is 1.53 bits per heavy atom. The third-order valence-corrected chi connectivity index (χ3v) is 2.02. The van der Waals surface area contributed by atoms with Crippen molar-refractivity contribution in [1.82, 2.24) is 10.2 Å². The molecule has 0 aliphatic rings. The highest BCUT2D eigenvalue weighted by Gasteiger charge is 2.03. The Hall–Kier alpha value is -1.28. The Morgan fingerprint density at radius 2 is 2.27 bits per heavy atom. The summed E-state index contributed by atoms with van der Waals surface area (Å²) in [5, 5.41) is 11.1. The van der Waals surface area contributed by atoms with E-state index in [1.54, 1.807) is 0 Å². The van der Waals surface area contributed by atoms with Crippen LogP contribution in [-0.2, 0) is 0 Å². The number of unbranched alkanes of at least 4 members (excludes halogenated alkanes) is 2. The average molecular weight is 211 g/mol. The molecular formula is C10H21N5. The highest BCUT2D eigenvalue weighted by Crippen LogP contribution is 1.94. The van der Waals surface area contributed by atoms with E-state index in [0.717, 1.165) is 13.0 Å². The predicted octanol–water partition coefficient (Wildman–Crippen LogP) is 0.494. The van der Waals surface area contributed by atoms with Crippen molar-refractivity contribution in [1.29, 1.82) is 5.26 Å². The normalized spacial score (nSPS) is 10.9. The fourth-order valence-corrected chi connectivity index (χ4v) is 1.15. The van der Waals surface area contributed by atoms with Crippen LogP contribution in [0, 0.1) is 11.5 Å². The van der Waals surface area contributed by atoms with Gasteiger partial charge in [-0.3, -0.25) is 10.3 Å². The lowest BCUT2D eigenvalue weighted by molar-refractivity contribution is 0.498. The monoisotopic (exact) mass is 211 g/mol. The summed E-state index contributed by atoms with van der Waals surface area (Å²) in [5.41, 5.74) is 5.43. The van der Waals surface area contributed by atoms with Gasteiger partial charge in [-0.25, -0.2) is 0 Å². The Kier molecular flexibility index (Phi) is 8.49. The summed E-state index contributed by atoms with van der Waals surface area (Å²) in [7, 11) is 1.87. The van der Waals surface area contributed by atoms with Crippen molar-refractivity contribution in [2.75, 3.05) is 26.7 Å². The van der Waals surface area contributed by atoms with Crippen molar-refractivity contribution in [3.05, 3.63) is 0 Å². The number of nitrogens with one attached hydrogen (secondary N) is 1. The summed E-state index contributed by atoms with van der Waals surface area (Å²) in [6, 6.07) is 0. The number of nitrogens with zero attached hydrogens (tertiary/aromatic N) is 3. The van der Waals surface area contributed by atoms with Crippen LogP contribution in [0.15, 0.2) is 4.99 Å². The second kappa shape index (κ2) is 9.28. The Bertz CT molecular complexity index is 218. The highest BCUT2D eigenvalue weighted by atomic mass is 15.3. The molecule has 0 unspecified atom stereocenters. The van der Waals surface area contributed by atoms with E-state index in [-0.39, 0.29) is 0 Å². The van der Waals surface area contributed by atoms with Crippen LogP contribution in [0.25, 0.3) is 0 Å². The molecule has 0 rings (SSSR count). The van der Waals surface area contributed by atoms with Crippen molar-refractivity contribution in [2.24, 2.45) is 10.7 Å². The molecule has 0 amide bonds. The first-order chi connectivity index (χ1) is 7.26. The van der Waals surface area contributed by atoms with Crippen molar-refractivity contribution < 1.29 is 0 Å². The lowest BCUT2D eigenvalue weighted by Crippen LogP contribution is -2.39. The highest BCUT2D eigenvalue weighted by molar-refractivity contribution is 5.81. The predicted molar refractivity (Wildman–Crippen MR) is 62.3 cm³/mol. The van der Waals surface area contributed by atoms with Crippen LogP contribution in [0.4, 0.5) is 0 Å². The number of nitriles is 1. The molecule has 0 spiro atoms. The maximum Gasteiger partial charge on any atom is 0.207 e. The number of aliphatic imine (C=N–C) groups is 1. The van der Waals surface area contributed by atoms with Gasteiger partial charge in [0.2, 0.25) is 5.96 Å². The molecule has 0 radical (unpaired) electrons. The first-order valence-corrected chi connectivity index (χ1v) is 5.37. The Labute approximate surface area is 92.0 Å². The summed E-state index contributed by atoms with van der Waals surface area (Å²) in [4.78, 5) is 6.18. The average Bonchev–Trinajstić information content (AvgIpc) is 2.23. The number of guanidine groups is 1. The molecular weight excluding hydrogens is 190 g/mol. The molecule has 3 N–H and O–H groups in total. The van der Waals surface area contributed by atoms with Crippen molar-refractivity contribution in [3.63, 3.8) is 0 Å². The summed E-state index contributed by atoms with van der Waals surface area (Å²) < 4.78 is 0. The first kappa shape index (κ1) is 13.7. The van der Waals surface area contributed by atoms with Crippen molar-refractivity contribution >= 4 is 5.96 Å². The van der Waals surface area contributed by atoms with E-state index in [1.165, 1.54) is 12.8 Å². The largest absolute Gasteiger partial charge is 0.344 e. The smallest absolute Gasteiger partial charge is 0.207 e. The van der Waals surface area contributed by atoms with Crippen LogP contribution in [0.1, 0.15) is 26.2 Å². The van der Waals surface area contributed by atoms with Crippen LogP contribution in [-0.4, -0.2) is 37.5 Å². The SMILES string of the molecule is CCCCCN=C(NC#N)N(C)CCN. The van der Waals surface area contributed by atoms with Crippen LogP contribution < -0.4 is 11.1 Å². The van der Waals surface area contributed by atoms with E-state index in [1.807, 2.05) is 18.1 Å². The molecule has 0 heterocycles. The van der Waals surface area contributed by atoms with Gasteiger partial charge in [-0.2, -0.15) is 5.26 Å². The fourth-order valence-electron chi connectivity index (χ4n) is 1.15. The summed E-state index contributed by atoms with van der Waals surface area (Å²) in [6.07, 6.45) is 5.29. The molecule has 0 saturated heterocycles. The molecule has 0 saturated carbocycles. The third-order valence-electron chi connectivity index (χ3n) is 2.02. The second-order valence-corrected chi connectivity index (χ2v) is 3.36. The minimum Gasteiger partial charge on any atom is -0.344 e. The molecule has 0 bridgehead atoms. The molecule has 0 atom stereocenters. The second-order valence-electron chi connectivity index (χ2n) is 3.36. The van der Waals surface area contributed by atoms with Gasteiger partial charge in [-0.05, 0) is 6.42 Å². The molecule has 0 fully saturated rings. The quantitative estimate of drug-likeness (QED) is 0.220. The minimum absolute atomic E-state index is 0.553. The molecule has 5 heteroatoms. The molecule has 15 heavy (non-hydrogen) atoms. The molecule has 0 aliphatic carbocycles. The number of nitrogens with two attached hydrogens (primary N) is 1. The van der Waals surface area contributed by atoms with E-state index in [2.05, 4.69) is 17.2 Å². The van der Waals surface area contributed by atoms with Crippen molar-refractivity contribution in [2.45, 2.75) is 26.2 Å². The number of likely N-dealkylation sites (N-methyl/N-ethyl adjacent to an activating group) is 1. The number of hydrogen-bond acceptors (Lipinski definition) is 3. The van der Waals surface area contributed by atoms with Crippen LogP contribution in [0.2, 0.25) is 0 Å². The maximum atomic E-state index is 8.56. The van der Waals surface area contributed by atoms with E-state index in [0.29, 0.717) is 19.0 Å². The standard InChI is InChI=1S/C10H21N5/c1-3-4-5-7-13-10(14-9-12)15(2)8-6-11/h3-8,11H2,1-2H3,(H,13,14). The van der Waals surface area contributed by atoms with Crippen LogP contribution >= 0.6 is 0 Å². The van der Waals surface area contributed by atoms with Gasteiger partial charge in [-0.1, -0.05) is 19.8 Å². The van der Waals surface area contributed by atoms with Crippen LogP contribution in [0.3, 0.4) is 0 Å². The first-order valence-electron chi connectivity index (χ1n) is 5.37. The van der Waals surface area contributed by atoms with Gasteiger partial charge in [0.05, 0.1) is 0 Å². The van der Waals surface area contributed by atoms with Gasteiger partial charge in [0, 0.05) is 26.7 Å². The zero-order valence-electron chi connectivity index (χ0n) is 9.66. The summed E-state index contributed by atoms with van der Waals surface area (Å²) in [5.74, 6) is 0.610.